The topological polar surface area (TPSA) is 90.7 Å². The third-order valence-electron chi connectivity index (χ3n) is 7.06. The summed E-state index contributed by atoms with van der Waals surface area (Å²) in [5, 5.41) is 3.39. The van der Waals surface area contributed by atoms with E-state index in [1.165, 1.54) is 20.0 Å². The molecular formula is C26H33N5O4. The zero-order valence-corrected chi connectivity index (χ0v) is 20.8. The molecule has 9 heteroatoms. The van der Waals surface area contributed by atoms with E-state index < -0.39 is 5.97 Å². The van der Waals surface area contributed by atoms with Crippen LogP contribution >= 0.6 is 0 Å². The van der Waals surface area contributed by atoms with Crippen molar-refractivity contribution in [1.29, 1.82) is 0 Å². The van der Waals surface area contributed by atoms with Crippen molar-refractivity contribution in [3.8, 4) is 17.1 Å². The number of nitrogens with one attached hydrogen (secondary N) is 1. The highest BCUT2D eigenvalue weighted by Gasteiger charge is 2.29. The maximum absolute atomic E-state index is 12.3. The Morgan fingerprint density at radius 3 is 2.63 bits per heavy atom. The summed E-state index contributed by atoms with van der Waals surface area (Å²) in [5.74, 6) is 1.88. The molecule has 0 unspecified atom stereocenters. The molecule has 9 nitrogen and oxygen atoms in total. The van der Waals surface area contributed by atoms with Crippen molar-refractivity contribution in [3.63, 3.8) is 0 Å². The van der Waals surface area contributed by atoms with E-state index in [4.69, 9.17) is 24.2 Å². The number of benzene rings is 1. The third kappa shape index (κ3) is 4.46. The molecule has 35 heavy (non-hydrogen) atoms. The van der Waals surface area contributed by atoms with Gasteiger partial charge in [0.05, 0.1) is 44.6 Å². The molecule has 4 heterocycles. The van der Waals surface area contributed by atoms with E-state index >= 15 is 0 Å². The Kier molecular flexibility index (Phi) is 6.62. The molecule has 0 radical (unpaired) electrons. The van der Waals surface area contributed by atoms with Crippen molar-refractivity contribution < 1.29 is 19.0 Å². The summed E-state index contributed by atoms with van der Waals surface area (Å²) in [6.07, 6.45) is 4.23. The molecule has 186 valence electrons. The number of ether oxygens (including phenoxy) is 3. The lowest BCUT2D eigenvalue weighted by Gasteiger charge is -2.27. The van der Waals surface area contributed by atoms with Gasteiger partial charge >= 0.3 is 5.97 Å². The highest BCUT2D eigenvalue weighted by atomic mass is 16.5. The molecule has 2 aliphatic rings. The lowest BCUT2D eigenvalue weighted by Crippen LogP contribution is -2.40. The molecule has 0 saturated carbocycles. The van der Waals surface area contributed by atoms with Crippen LogP contribution < -0.4 is 15.0 Å². The quantitative estimate of drug-likeness (QED) is 0.539. The second-order valence-corrected chi connectivity index (χ2v) is 9.37. The van der Waals surface area contributed by atoms with E-state index in [1.807, 2.05) is 6.20 Å². The Morgan fingerprint density at radius 1 is 1.20 bits per heavy atom. The molecule has 3 aromatic rings. The largest absolute Gasteiger partial charge is 0.494 e. The van der Waals surface area contributed by atoms with Crippen molar-refractivity contribution in [1.82, 2.24) is 19.9 Å². The normalized spacial score (nSPS) is 22.5. The van der Waals surface area contributed by atoms with Gasteiger partial charge in [0.15, 0.2) is 0 Å². The summed E-state index contributed by atoms with van der Waals surface area (Å²) in [6.45, 7) is 7.36. The van der Waals surface area contributed by atoms with Gasteiger partial charge in [0.1, 0.15) is 22.9 Å². The zero-order valence-electron chi connectivity index (χ0n) is 20.8. The number of fused-ring (bicyclic) bond motifs is 1. The number of hydrogen-bond donors (Lipinski definition) is 1. The molecule has 0 spiro atoms. The fourth-order valence-electron chi connectivity index (χ4n) is 5.28. The number of imidazole rings is 1. The molecule has 2 saturated heterocycles. The predicted molar refractivity (Wildman–Crippen MR) is 134 cm³/mol. The van der Waals surface area contributed by atoms with Crippen LogP contribution in [0.3, 0.4) is 0 Å². The number of rotatable bonds is 6. The average Bonchev–Trinajstić information content (AvgIpc) is 3.42. The number of esters is 1. The molecule has 2 fully saturated rings. The van der Waals surface area contributed by atoms with Gasteiger partial charge in [-0.15, -0.1) is 0 Å². The Hall–Kier alpha value is -3.17. The molecule has 5 rings (SSSR count). The number of aromatic nitrogens is 3. The number of hydrogen-bond acceptors (Lipinski definition) is 8. The molecule has 0 aliphatic carbocycles. The Balaban J connectivity index is 1.60. The number of carbonyl (C=O) groups is 1. The molecular weight excluding hydrogens is 446 g/mol. The fourth-order valence-corrected chi connectivity index (χ4v) is 5.28. The summed E-state index contributed by atoms with van der Waals surface area (Å²) in [5.41, 5.74) is 2.77. The number of carbonyl (C=O) groups excluding carboxylic acids is 1. The van der Waals surface area contributed by atoms with Crippen LogP contribution in [0.2, 0.25) is 0 Å². The minimum Gasteiger partial charge on any atom is -0.494 e. The van der Waals surface area contributed by atoms with Gasteiger partial charge in [-0.2, -0.15) is 0 Å². The third-order valence-corrected chi connectivity index (χ3v) is 7.06. The maximum Gasteiger partial charge on any atom is 0.338 e. The molecule has 2 aromatic heterocycles. The second kappa shape index (κ2) is 9.83. The maximum atomic E-state index is 12.3. The Labute approximate surface area is 205 Å². The first-order valence-corrected chi connectivity index (χ1v) is 12.2. The Morgan fingerprint density at radius 2 is 2.00 bits per heavy atom. The van der Waals surface area contributed by atoms with E-state index in [9.17, 15) is 4.79 Å². The molecule has 2 aliphatic heterocycles. The van der Waals surface area contributed by atoms with E-state index in [1.54, 1.807) is 19.2 Å². The number of nitrogens with zero attached hydrogens (tertiary/aromatic N) is 4. The predicted octanol–water partition coefficient (Wildman–Crippen LogP) is 3.26. The van der Waals surface area contributed by atoms with Crippen molar-refractivity contribution >= 4 is 22.8 Å². The molecule has 0 amide bonds. The molecule has 0 bridgehead atoms. The standard InChI is InChI=1S/C26H33N5O4/c1-16-5-6-17(2)31(16)23-8-7-18(13-28-23)25-29-21-11-19(26(32)34-4)12-22(33-3)24(21)30(25)15-20-14-27-9-10-35-20/h7-8,11-13,16-17,20,27H,5-6,9-10,14-15H2,1-4H3/t16-,17-,20-/m0/s1. The van der Waals surface area contributed by atoms with Crippen LogP contribution in [0.5, 0.6) is 5.75 Å². The van der Waals surface area contributed by atoms with Crippen LogP contribution in [0.25, 0.3) is 22.4 Å². The van der Waals surface area contributed by atoms with Gasteiger partial charge in [0.25, 0.3) is 0 Å². The Bertz CT molecular complexity index is 1190. The molecule has 3 atom stereocenters. The minimum atomic E-state index is -0.430. The smallest absolute Gasteiger partial charge is 0.338 e. The van der Waals surface area contributed by atoms with Gasteiger partial charge in [0.2, 0.25) is 0 Å². The molecule has 1 N–H and O–H groups in total. The van der Waals surface area contributed by atoms with Crippen molar-refractivity contribution in [2.75, 3.05) is 38.8 Å². The highest BCUT2D eigenvalue weighted by Crippen LogP contribution is 2.34. The van der Waals surface area contributed by atoms with Crippen LogP contribution in [-0.4, -0.2) is 72.6 Å². The average molecular weight is 480 g/mol. The number of morpholine rings is 1. The van der Waals surface area contributed by atoms with Crippen LogP contribution in [0.1, 0.15) is 37.0 Å². The van der Waals surface area contributed by atoms with Gasteiger partial charge in [-0.3, -0.25) is 0 Å². The van der Waals surface area contributed by atoms with Gasteiger partial charge < -0.3 is 29.0 Å². The van der Waals surface area contributed by atoms with Crippen molar-refractivity contribution in [2.45, 2.75) is 51.4 Å². The summed E-state index contributed by atoms with van der Waals surface area (Å²) in [7, 11) is 2.96. The first-order valence-electron chi connectivity index (χ1n) is 12.2. The van der Waals surface area contributed by atoms with Crippen molar-refractivity contribution in [2.24, 2.45) is 0 Å². The van der Waals surface area contributed by atoms with E-state index in [0.717, 1.165) is 35.8 Å². The van der Waals surface area contributed by atoms with Crippen LogP contribution in [0.4, 0.5) is 5.82 Å². The number of pyridine rings is 1. The van der Waals surface area contributed by atoms with Crippen molar-refractivity contribution in [3.05, 3.63) is 36.0 Å². The summed E-state index contributed by atoms with van der Waals surface area (Å²) in [6, 6.07) is 8.56. The summed E-state index contributed by atoms with van der Waals surface area (Å²) >= 11 is 0. The lowest BCUT2D eigenvalue weighted by atomic mass is 10.1. The monoisotopic (exact) mass is 479 g/mol. The zero-order chi connectivity index (χ0) is 24.5. The van der Waals surface area contributed by atoms with E-state index in [2.05, 4.69) is 40.8 Å². The number of methoxy groups -OCH3 is 2. The van der Waals surface area contributed by atoms with Crippen LogP contribution in [0.15, 0.2) is 30.5 Å². The lowest BCUT2D eigenvalue weighted by molar-refractivity contribution is 0.0191. The van der Waals surface area contributed by atoms with Gasteiger partial charge in [-0.25, -0.2) is 14.8 Å². The van der Waals surface area contributed by atoms with E-state index in [0.29, 0.717) is 42.1 Å². The number of anilines is 1. The highest BCUT2D eigenvalue weighted by molar-refractivity contribution is 5.97. The van der Waals surface area contributed by atoms with Gasteiger partial charge in [-0.1, -0.05) is 0 Å². The first kappa shape index (κ1) is 23.6. The van der Waals surface area contributed by atoms with Gasteiger partial charge in [0, 0.05) is 36.9 Å². The van der Waals surface area contributed by atoms with Crippen LogP contribution in [0, 0.1) is 0 Å². The second-order valence-electron chi connectivity index (χ2n) is 9.37. The molecule has 1 aromatic carbocycles. The van der Waals surface area contributed by atoms with Gasteiger partial charge in [-0.05, 0) is 51.0 Å². The van der Waals surface area contributed by atoms with E-state index in [-0.39, 0.29) is 6.10 Å². The van der Waals surface area contributed by atoms with Crippen LogP contribution in [-0.2, 0) is 16.0 Å². The minimum absolute atomic E-state index is 0.0107. The SMILES string of the molecule is COC(=O)c1cc(OC)c2c(c1)nc(-c1ccc(N3[C@@H](C)CC[C@@H]3C)nc1)n2C[C@@H]1CNCCO1. The fraction of sp³-hybridized carbons (Fsp3) is 0.500. The first-order chi connectivity index (χ1) is 17.0. The summed E-state index contributed by atoms with van der Waals surface area (Å²) < 4.78 is 18.8. The summed E-state index contributed by atoms with van der Waals surface area (Å²) in [4.78, 5) is 24.4.